The topological polar surface area (TPSA) is 36.9 Å². The minimum absolute atomic E-state index is 0.701. The van der Waals surface area contributed by atoms with Crippen molar-refractivity contribution in [1.29, 1.82) is 0 Å². The molecule has 0 radical (unpaired) electrons. The van der Waals surface area contributed by atoms with Crippen LogP contribution in [0.5, 0.6) is 23.0 Å². The first-order valence-corrected chi connectivity index (χ1v) is 7.82. The summed E-state index contributed by atoms with van der Waals surface area (Å²) in [6.07, 6.45) is 3.08. The highest BCUT2D eigenvalue weighted by Crippen LogP contribution is 2.35. The van der Waals surface area contributed by atoms with Gasteiger partial charge in [-0.05, 0) is 47.4 Å². The highest BCUT2D eigenvalue weighted by atomic mass is 16.5. The molecule has 0 aromatic heterocycles. The van der Waals surface area contributed by atoms with Crippen LogP contribution in [0.4, 0.5) is 0 Å². The summed E-state index contributed by atoms with van der Waals surface area (Å²) in [7, 11) is 6.57. The molecule has 4 nitrogen and oxygen atoms in total. The lowest BCUT2D eigenvalue weighted by atomic mass is 9.96. The second kappa shape index (κ2) is 8.29. The van der Waals surface area contributed by atoms with E-state index in [-0.39, 0.29) is 0 Å². The molecule has 0 unspecified atom stereocenters. The minimum Gasteiger partial charge on any atom is -0.497 e. The van der Waals surface area contributed by atoms with Gasteiger partial charge in [-0.3, -0.25) is 0 Å². The van der Waals surface area contributed by atoms with Crippen molar-refractivity contribution in [2.24, 2.45) is 0 Å². The lowest BCUT2D eigenvalue weighted by Gasteiger charge is -2.14. The summed E-state index contributed by atoms with van der Waals surface area (Å²) in [6, 6.07) is 11.8. The van der Waals surface area contributed by atoms with E-state index in [1.165, 1.54) is 0 Å². The minimum atomic E-state index is 0.701. The van der Waals surface area contributed by atoms with Crippen LogP contribution < -0.4 is 18.9 Å². The first-order chi connectivity index (χ1) is 11.7. The number of allylic oxidation sites excluding steroid dienone is 1. The average Bonchev–Trinajstić information content (AvgIpc) is 2.64. The maximum absolute atomic E-state index is 5.43. The second-order valence-corrected chi connectivity index (χ2v) is 5.20. The molecule has 0 fully saturated rings. The molecule has 0 heterocycles. The second-order valence-electron chi connectivity index (χ2n) is 5.20. The van der Waals surface area contributed by atoms with Gasteiger partial charge in [0.1, 0.15) is 11.5 Å². The predicted molar refractivity (Wildman–Crippen MR) is 96.5 cm³/mol. The molecule has 2 aromatic carbocycles. The number of ether oxygens (including phenoxy) is 4. The summed E-state index contributed by atoms with van der Waals surface area (Å²) in [5.41, 5.74) is 3.17. The van der Waals surface area contributed by atoms with Gasteiger partial charge in [0, 0.05) is 6.07 Å². The van der Waals surface area contributed by atoms with Crippen LogP contribution in [-0.4, -0.2) is 28.4 Å². The van der Waals surface area contributed by atoms with E-state index >= 15 is 0 Å². The monoisotopic (exact) mass is 328 g/mol. The fraction of sp³-hybridized carbons (Fsp3) is 0.300. The first kappa shape index (κ1) is 17.7. The number of methoxy groups -OCH3 is 4. The summed E-state index contributed by atoms with van der Waals surface area (Å²) in [5, 5.41) is 0. The summed E-state index contributed by atoms with van der Waals surface area (Å²) in [6.45, 7) is 2.11. The van der Waals surface area contributed by atoms with E-state index in [4.69, 9.17) is 18.9 Å². The van der Waals surface area contributed by atoms with Crippen molar-refractivity contribution in [3.8, 4) is 23.0 Å². The van der Waals surface area contributed by atoms with Gasteiger partial charge < -0.3 is 18.9 Å². The van der Waals surface area contributed by atoms with Crippen LogP contribution in [-0.2, 0) is 0 Å². The Morgan fingerprint density at radius 1 is 0.750 bits per heavy atom. The Labute approximate surface area is 143 Å². The molecule has 0 N–H and O–H groups in total. The van der Waals surface area contributed by atoms with Crippen LogP contribution in [0.1, 0.15) is 24.5 Å². The van der Waals surface area contributed by atoms with Gasteiger partial charge >= 0.3 is 0 Å². The number of benzene rings is 2. The molecule has 0 saturated heterocycles. The highest BCUT2D eigenvalue weighted by molar-refractivity contribution is 5.82. The number of hydrogen-bond acceptors (Lipinski definition) is 4. The SMILES string of the molecule is CC/C=C(\c1cc(OC)cc(OC)c1)c1ccc(OC)c(OC)c1. The molecule has 0 saturated carbocycles. The Morgan fingerprint density at radius 3 is 1.88 bits per heavy atom. The van der Waals surface area contributed by atoms with Crippen molar-refractivity contribution in [3.63, 3.8) is 0 Å². The van der Waals surface area contributed by atoms with Crippen LogP contribution in [0, 0.1) is 0 Å². The van der Waals surface area contributed by atoms with Gasteiger partial charge in [0.15, 0.2) is 11.5 Å². The largest absolute Gasteiger partial charge is 0.497 e. The van der Waals surface area contributed by atoms with Gasteiger partial charge in [-0.2, -0.15) is 0 Å². The molecule has 0 bridgehead atoms. The fourth-order valence-corrected chi connectivity index (χ4v) is 2.57. The maximum Gasteiger partial charge on any atom is 0.161 e. The number of hydrogen-bond donors (Lipinski definition) is 0. The molecule has 24 heavy (non-hydrogen) atoms. The molecule has 0 spiro atoms. The zero-order chi connectivity index (χ0) is 17.5. The van der Waals surface area contributed by atoms with Crippen LogP contribution in [0.2, 0.25) is 0 Å². The zero-order valence-corrected chi connectivity index (χ0v) is 14.9. The molecule has 4 heteroatoms. The van der Waals surface area contributed by atoms with Gasteiger partial charge in [0.05, 0.1) is 28.4 Å². The molecular formula is C20H24O4. The molecule has 2 aromatic rings. The average molecular weight is 328 g/mol. The molecule has 128 valence electrons. The highest BCUT2D eigenvalue weighted by Gasteiger charge is 2.12. The van der Waals surface area contributed by atoms with E-state index < -0.39 is 0 Å². The van der Waals surface area contributed by atoms with E-state index in [2.05, 4.69) is 13.0 Å². The quantitative estimate of drug-likeness (QED) is 0.746. The molecule has 0 amide bonds. The first-order valence-electron chi connectivity index (χ1n) is 7.82. The summed E-state index contributed by atoms with van der Waals surface area (Å²) < 4.78 is 21.5. The van der Waals surface area contributed by atoms with E-state index in [0.29, 0.717) is 11.5 Å². The third-order valence-electron chi connectivity index (χ3n) is 3.77. The molecule has 2 rings (SSSR count). The smallest absolute Gasteiger partial charge is 0.161 e. The Hall–Kier alpha value is -2.62. The Bertz CT molecular complexity index is 697. The third-order valence-corrected chi connectivity index (χ3v) is 3.77. The van der Waals surface area contributed by atoms with E-state index in [0.717, 1.165) is 34.6 Å². The fourth-order valence-electron chi connectivity index (χ4n) is 2.57. The number of rotatable bonds is 7. The van der Waals surface area contributed by atoms with Crippen LogP contribution >= 0.6 is 0 Å². The van der Waals surface area contributed by atoms with Crippen molar-refractivity contribution >= 4 is 5.57 Å². The van der Waals surface area contributed by atoms with Crippen LogP contribution in [0.3, 0.4) is 0 Å². The van der Waals surface area contributed by atoms with Gasteiger partial charge in [-0.25, -0.2) is 0 Å². The van der Waals surface area contributed by atoms with Gasteiger partial charge in [0.2, 0.25) is 0 Å². The Morgan fingerprint density at radius 2 is 1.38 bits per heavy atom. The standard InChI is InChI=1S/C20H24O4/c1-6-7-18(14-8-9-19(23-4)20(12-14)24-5)15-10-16(21-2)13-17(11-15)22-3/h7-13H,6H2,1-5H3/b18-7-. The van der Waals surface area contributed by atoms with Gasteiger partial charge in [-0.1, -0.05) is 19.1 Å². The lowest BCUT2D eigenvalue weighted by molar-refractivity contribution is 0.355. The Kier molecular flexibility index (Phi) is 6.13. The Balaban J connectivity index is 2.57. The van der Waals surface area contributed by atoms with Crippen LogP contribution in [0.15, 0.2) is 42.5 Å². The van der Waals surface area contributed by atoms with Crippen molar-refractivity contribution in [2.75, 3.05) is 28.4 Å². The lowest BCUT2D eigenvalue weighted by Crippen LogP contribution is -1.95. The van der Waals surface area contributed by atoms with Gasteiger partial charge in [0.25, 0.3) is 0 Å². The summed E-state index contributed by atoms with van der Waals surface area (Å²) >= 11 is 0. The van der Waals surface area contributed by atoms with E-state index in [1.807, 2.05) is 36.4 Å². The molecule has 0 atom stereocenters. The van der Waals surface area contributed by atoms with Crippen molar-refractivity contribution in [2.45, 2.75) is 13.3 Å². The maximum atomic E-state index is 5.43. The molecule has 0 aliphatic heterocycles. The van der Waals surface area contributed by atoms with Crippen molar-refractivity contribution in [3.05, 3.63) is 53.6 Å². The van der Waals surface area contributed by atoms with Crippen molar-refractivity contribution < 1.29 is 18.9 Å². The molecule has 0 aliphatic rings. The summed E-state index contributed by atoms with van der Waals surface area (Å²) in [5.74, 6) is 2.92. The van der Waals surface area contributed by atoms with E-state index in [9.17, 15) is 0 Å². The zero-order valence-electron chi connectivity index (χ0n) is 14.9. The predicted octanol–water partition coefficient (Wildman–Crippen LogP) is 4.56. The van der Waals surface area contributed by atoms with E-state index in [1.54, 1.807) is 28.4 Å². The van der Waals surface area contributed by atoms with Crippen LogP contribution in [0.25, 0.3) is 5.57 Å². The third kappa shape index (κ3) is 3.82. The van der Waals surface area contributed by atoms with Gasteiger partial charge in [-0.15, -0.1) is 0 Å². The molecule has 0 aliphatic carbocycles. The summed E-state index contributed by atoms with van der Waals surface area (Å²) in [4.78, 5) is 0. The molecular weight excluding hydrogens is 304 g/mol. The van der Waals surface area contributed by atoms with Crippen molar-refractivity contribution in [1.82, 2.24) is 0 Å². The normalized spacial score (nSPS) is 11.1.